The lowest BCUT2D eigenvalue weighted by Crippen LogP contribution is -2.56. The van der Waals surface area contributed by atoms with Crippen molar-refractivity contribution in [2.45, 2.75) is 29.4 Å². The second-order valence-electron chi connectivity index (χ2n) is 2.68. The van der Waals surface area contributed by atoms with Crippen molar-refractivity contribution in [3.05, 3.63) is 0 Å². The fourth-order valence-electron chi connectivity index (χ4n) is 1.06. The Morgan fingerprint density at radius 2 is 1.67 bits per heavy atom. The molecule has 4 N–H and O–H groups in total. The Kier molecular flexibility index (Phi) is 3.45. The molecule has 1 fully saturated rings. The molecule has 6 heteroatoms. The number of halogens is 1. The van der Waals surface area contributed by atoms with E-state index in [4.69, 9.17) is 14.9 Å². The molecule has 0 aliphatic carbocycles. The van der Waals surface area contributed by atoms with Crippen LogP contribution in [0.1, 0.15) is 0 Å². The van der Waals surface area contributed by atoms with Crippen LogP contribution in [0.4, 0.5) is 0 Å². The predicted molar refractivity (Wildman–Crippen MR) is 42.7 cm³/mol. The standard InChI is InChI=1S/C6H11BrO5/c7-6-5(11)4(10)3(9)2(1-8)12-6/h2-6,8-11H,1H2/t2-,3+,4+,5-,6-/m1/s1. The molecule has 0 aromatic carbocycles. The quantitative estimate of drug-likeness (QED) is 0.407. The second kappa shape index (κ2) is 3.99. The van der Waals surface area contributed by atoms with Gasteiger partial charge in [-0.25, -0.2) is 0 Å². The zero-order chi connectivity index (χ0) is 9.30. The van der Waals surface area contributed by atoms with Gasteiger partial charge in [0.25, 0.3) is 0 Å². The largest absolute Gasteiger partial charge is 0.394 e. The van der Waals surface area contributed by atoms with E-state index < -0.39 is 36.0 Å². The highest BCUT2D eigenvalue weighted by atomic mass is 79.9. The van der Waals surface area contributed by atoms with Gasteiger partial charge in [-0.2, -0.15) is 0 Å². The van der Waals surface area contributed by atoms with Crippen LogP contribution in [0, 0.1) is 0 Å². The molecular weight excluding hydrogens is 232 g/mol. The van der Waals surface area contributed by atoms with Crippen molar-refractivity contribution in [1.29, 1.82) is 0 Å². The number of hydrogen-bond donors (Lipinski definition) is 4. The minimum absolute atomic E-state index is 0.396. The molecule has 0 unspecified atom stereocenters. The van der Waals surface area contributed by atoms with E-state index in [9.17, 15) is 10.2 Å². The van der Waals surface area contributed by atoms with Crippen molar-refractivity contribution in [2.75, 3.05) is 6.61 Å². The molecule has 5 atom stereocenters. The first-order valence-electron chi connectivity index (χ1n) is 3.52. The molecular formula is C6H11BrO5. The fraction of sp³-hybridized carbons (Fsp3) is 1.00. The van der Waals surface area contributed by atoms with Gasteiger partial charge in [0.05, 0.1) is 6.61 Å². The van der Waals surface area contributed by atoms with Crippen LogP contribution in [0.15, 0.2) is 0 Å². The summed E-state index contributed by atoms with van der Waals surface area (Å²) in [6.07, 6.45) is -4.57. The van der Waals surface area contributed by atoms with Crippen LogP contribution < -0.4 is 0 Å². The number of aliphatic hydroxyl groups is 4. The van der Waals surface area contributed by atoms with Crippen molar-refractivity contribution in [3.8, 4) is 0 Å². The van der Waals surface area contributed by atoms with Gasteiger partial charge in [-0.15, -0.1) is 0 Å². The maximum Gasteiger partial charge on any atom is 0.141 e. The third kappa shape index (κ3) is 1.78. The highest BCUT2D eigenvalue weighted by molar-refractivity contribution is 9.09. The van der Waals surface area contributed by atoms with E-state index in [1.165, 1.54) is 0 Å². The molecule has 0 aromatic rings. The van der Waals surface area contributed by atoms with Gasteiger partial charge in [0.1, 0.15) is 29.4 Å². The van der Waals surface area contributed by atoms with Gasteiger partial charge in [-0.1, -0.05) is 15.9 Å². The summed E-state index contributed by atoms with van der Waals surface area (Å²) < 4.78 is 4.94. The number of ether oxygens (including phenoxy) is 1. The lowest BCUT2D eigenvalue weighted by molar-refractivity contribution is -0.203. The SMILES string of the molecule is OC[C@H]1O[C@@H](Br)[C@H](O)[C@@H](O)[C@H]1O. The van der Waals surface area contributed by atoms with Crippen LogP contribution in [0.2, 0.25) is 0 Å². The smallest absolute Gasteiger partial charge is 0.141 e. The molecule has 1 rings (SSSR count). The van der Waals surface area contributed by atoms with Crippen LogP contribution in [0.3, 0.4) is 0 Å². The van der Waals surface area contributed by atoms with Crippen molar-refractivity contribution < 1.29 is 25.2 Å². The molecule has 0 radical (unpaired) electrons. The first-order valence-corrected chi connectivity index (χ1v) is 4.44. The zero-order valence-electron chi connectivity index (χ0n) is 6.17. The first kappa shape index (κ1) is 10.4. The summed E-state index contributed by atoms with van der Waals surface area (Å²) in [7, 11) is 0. The molecule has 12 heavy (non-hydrogen) atoms. The lowest BCUT2D eigenvalue weighted by atomic mass is 10.0. The Morgan fingerprint density at radius 1 is 1.08 bits per heavy atom. The fourth-order valence-corrected chi connectivity index (χ4v) is 1.65. The summed E-state index contributed by atoms with van der Waals surface area (Å²) >= 11 is 2.95. The van der Waals surface area contributed by atoms with Gasteiger partial charge in [0.15, 0.2) is 0 Å². The van der Waals surface area contributed by atoms with Gasteiger partial charge in [-0.3, -0.25) is 0 Å². The summed E-state index contributed by atoms with van der Waals surface area (Å²) in [5, 5.41) is 35.5. The molecule has 1 aliphatic heterocycles. The van der Waals surface area contributed by atoms with Gasteiger partial charge < -0.3 is 25.2 Å². The highest BCUT2D eigenvalue weighted by Crippen LogP contribution is 2.24. The van der Waals surface area contributed by atoms with Crippen LogP contribution >= 0.6 is 15.9 Å². The Balaban J connectivity index is 2.63. The molecule has 1 heterocycles. The molecule has 1 saturated heterocycles. The molecule has 1 aliphatic rings. The van der Waals surface area contributed by atoms with Gasteiger partial charge in [0.2, 0.25) is 0 Å². The van der Waals surface area contributed by atoms with Crippen LogP contribution in [0.5, 0.6) is 0 Å². The van der Waals surface area contributed by atoms with E-state index in [1.54, 1.807) is 0 Å². The summed E-state index contributed by atoms with van der Waals surface area (Å²) in [5.74, 6) is 0. The van der Waals surface area contributed by atoms with Crippen molar-refractivity contribution in [3.63, 3.8) is 0 Å². The topological polar surface area (TPSA) is 90.2 Å². The normalized spacial score (nSPS) is 49.2. The monoisotopic (exact) mass is 242 g/mol. The summed E-state index contributed by atoms with van der Waals surface area (Å²) in [6.45, 7) is -0.396. The average molecular weight is 243 g/mol. The van der Waals surface area contributed by atoms with E-state index >= 15 is 0 Å². The van der Waals surface area contributed by atoms with Crippen molar-refractivity contribution in [1.82, 2.24) is 0 Å². The van der Waals surface area contributed by atoms with Gasteiger partial charge >= 0.3 is 0 Å². The second-order valence-corrected chi connectivity index (χ2v) is 3.58. The maximum absolute atomic E-state index is 9.21. The maximum atomic E-state index is 9.21. The third-order valence-electron chi connectivity index (χ3n) is 1.83. The number of alkyl halides is 1. The van der Waals surface area contributed by atoms with E-state index in [1.807, 2.05) is 0 Å². The van der Waals surface area contributed by atoms with Crippen LogP contribution in [-0.2, 0) is 4.74 Å². The molecule has 0 amide bonds. The predicted octanol–water partition coefficient (Wildman–Crippen LogP) is -1.82. The van der Waals surface area contributed by atoms with E-state index in [2.05, 4.69) is 15.9 Å². The molecule has 72 valence electrons. The molecule has 0 saturated carbocycles. The summed E-state index contributed by atoms with van der Waals surface area (Å²) in [5.41, 5.74) is 0. The Bertz CT molecular complexity index is 150. The summed E-state index contributed by atoms with van der Waals surface area (Å²) in [6, 6.07) is 0. The number of hydrogen-bond acceptors (Lipinski definition) is 5. The molecule has 0 bridgehead atoms. The first-order chi connectivity index (χ1) is 5.57. The van der Waals surface area contributed by atoms with Gasteiger partial charge in [0, 0.05) is 0 Å². The van der Waals surface area contributed by atoms with Crippen molar-refractivity contribution >= 4 is 15.9 Å². The highest BCUT2D eigenvalue weighted by Gasteiger charge is 2.42. The molecule has 0 spiro atoms. The Labute approximate surface area is 77.7 Å². The minimum atomic E-state index is -1.29. The zero-order valence-corrected chi connectivity index (χ0v) is 7.75. The van der Waals surface area contributed by atoms with Crippen LogP contribution in [-0.4, -0.2) is 56.5 Å². The van der Waals surface area contributed by atoms with Gasteiger partial charge in [-0.05, 0) is 0 Å². The van der Waals surface area contributed by atoms with Crippen LogP contribution in [0.25, 0.3) is 0 Å². The van der Waals surface area contributed by atoms with E-state index in [0.29, 0.717) is 0 Å². The van der Waals surface area contributed by atoms with E-state index in [0.717, 1.165) is 0 Å². The Morgan fingerprint density at radius 3 is 2.17 bits per heavy atom. The number of aliphatic hydroxyl groups excluding tert-OH is 4. The third-order valence-corrected chi connectivity index (χ3v) is 2.59. The lowest BCUT2D eigenvalue weighted by Gasteiger charge is -2.37. The average Bonchev–Trinajstić information content (AvgIpc) is 2.08. The Hall–Kier alpha value is 0.280. The summed E-state index contributed by atoms with van der Waals surface area (Å²) in [4.78, 5) is 0. The molecule has 5 nitrogen and oxygen atoms in total. The van der Waals surface area contributed by atoms with E-state index in [-0.39, 0.29) is 0 Å². The molecule has 0 aromatic heterocycles. The minimum Gasteiger partial charge on any atom is -0.394 e. The number of rotatable bonds is 1. The van der Waals surface area contributed by atoms with Crippen molar-refractivity contribution in [2.24, 2.45) is 0 Å².